The molecule has 3 heterocycles. The number of nitrogens with zero attached hydrogens (tertiary/aromatic N) is 2. The minimum absolute atomic E-state index is 0.0370. The molecule has 5 rings (SSSR count). The molecule has 3 aliphatic heterocycles. The minimum Gasteiger partial charge on any atom is -0.489 e. The van der Waals surface area contributed by atoms with E-state index in [-0.39, 0.29) is 36.7 Å². The smallest absolute Gasteiger partial charge is 0.255 e. The second-order valence-electron chi connectivity index (χ2n) is 10.0. The average Bonchev–Trinajstić information content (AvgIpc) is 3.21. The topological polar surface area (TPSA) is 108 Å². The van der Waals surface area contributed by atoms with Gasteiger partial charge in [0.25, 0.3) is 5.91 Å². The molecule has 2 fully saturated rings. The summed E-state index contributed by atoms with van der Waals surface area (Å²) in [7, 11) is 0. The van der Waals surface area contributed by atoms with Gasteiger partial charge in [-0.2, -0.15) is 0 Å². The Hall–Kier alpha value is -3.72. The molecule has 37 heavy (non-hydrogen) atoms. The molecule has 1 unspecified atom stereocenters. The van der Waals surface area contributed by atoms with Crippen LogP contribution in [0.5, 0.6) is 5.75 Å². The number of benzene rings is 2. The van der Waals surface area contributed by atoms with Gasteiger partial charge in [-0.3, -0.25) is 29.4 Å². The quantitative estimate of drug-likeness (QED) is 0.560. The van der Waals surface area contributed by atoms with Crippen molar-refractivity contribution in [3.8, 4) is 5.75 Å². The average molecular weight is 505 g/mol. The zero-order valence-corrected chi connectivity index (χ0v) is 21.0. The Kier molecular flexibility index (Phi) is 7.23. The first kappa shape index (κ1) is 25.0. The van der Waals surface area contributed by atoms with Crippen LogP contribution in [0.25, 0.3) is 0 Å². The number of amides is 4. The second-order valence-corrected chi connectivity index (χ2v) is 10.0. The fourth-order valence-electron chi connectivity index (χ4n) is 5.38. The van der Waals surface area contributed by atoms with Gasteiger partial charge < -0.3 is 15.0 Å². The SMILES string of the molecule is CC(=O)NC1CCN(Cc2ccc(COc3cccc4c3CN(C3CCC(=O)NC3=O)C4=O)cc2)CC1. The molecule has 2 aromatic rings. The molecule has 9 nitrogen and oxygen atoms in total. The lowest BCUT2D eigenvalue weighted by molar-refractivity contribution is -0.137. The van der Waals surface area contributed by atoms with E-state index in [1.165, 1.54) is 10.5 Å². The number of rotatable bonds is 7. The number of hydrogen-bond acceptors (Lipinski definition) is 6. The number of hydrogen-bond donors (Lipinski definition) is 2. The zero-order valence-electron chi connectivity index (χ0n) is 21.0. The number of likely N-dealkylation sites (tertiary alicyclic amines) is 1. The number of carbonyl (C=O) groups is 4. The van der Waals surface area contributed by atoms with E-state index >= 15 is 0 Å². The standard InChI is InChI=1S/C28H32N4O5/c1-18(33)29-21-11-13-31(14-12-21)15-19-5-7-20(8-6-19)17-37-25-4-2-3-22-23(25)16-32(28(22)36)24-9-10-26(34)30-27(24)35/h2-8,21,24H,9-17H2,1H3,(H,29,33)(H,30,34,35). The molecule has 9 heteroatoms. The molecule has 2 saturated heterocycles. The van der Waals surface area contributed by atoms with Gasteiger partial charge in [0.15, 0.2) is 0 Å². The molecule has 0 spiro atoms. The second kappa shape index (κ2) is 10.7. The highest BCUT2D eigenvalue weighted by molar-refractivity contribution is 6.05. The van der Waals surface area contributed by atoms with Crippen LogP contribution in [-0.2, 0) is 34.1 Å². The highest BCUT2D eigenvalue weighted by atomic mass is 16.5. The summed E-state index contributed by atoms with van der Waals surface area (Å²) >= 11 is 0. The Balaban J connectivity index is 1.16. The largest absolute Gasteiger partial charge is 0.489 e. The van der Waals surface area contributed by atoms with E-state index < -0.39 is 11.9 Å². The maximum atomic E-state index is 13.0. The van der Waals surface area contributed by atoms with Crippen LogP contribution < -0.4 is 15.4 Å². The van der Waals surface area contributed by atoms with Crippen molar-refractivity contribution in [2.24, 2.45) is 0 Å². The zero-order chi connectivity index (χ0) is 25.9. The lowest BCUT2D eigenvalue weighted by Gasteiger charge is -2.32. The lowest BCUT2D eigenvalue weighted by Crippen LogP contribution is -2.52. The molecule has 4 amide bonds. The Morgan fingerprint density at radius 3 is 2.46 bits per heavy atom. The summed E-state index contributed by atoms with van der Waals surface area (Å²) < 4.78 is 6.12. The van der Waals surface area contributed by atoms with Crippen molar-refractivity contribution in [2.45, 2.75) is 64.4 Å². The lowest BCUT2D eigenvalue weighted by atomic mass is 10.0. The number of fused-ring (bicyclic) bond motifs is 1. The third-order valence-corrected chi connectivity index (χ3v) is 7.36. The van der Waals surface area contributed by atoms with Gasteiger partial charge >= 0.3 is 0 Å². The van der Waals surface area contributed by atoms with Gasteiger partial charge in [0, 0.05) is 50.1 Å². The predicted molar refractivity (Wildman–Crippen MR) is 135 cm³/mol. The van der Waals surface area contributed by atoms with E-state index in [1.807, 2.05) is 6.07 Å². The Morgan fingerprint density at radius 2 is 1.76 bits per heavy atom. The molecule has 194 valence electrons. The maximum absolute atomic E-state index is 13.0. The molecule has 0 bridgehead atoms. The summed E-state index contributed by atoms with van der Waals surface area (Å²) in [5.41, 5.74) is 3.57. The van der Waals surface area contributed by atoms with Gasteiger partial charge in [0.1, 0.15) is 18.4 Å². The predicted octanol–water partition coefficient (Wildman–Crippen LogP) is 2.13. The van der Waals surface area contributed by atoms with Crippen molar-refractivity contribution in [3.63, 3.8) is 0 Å². The van der Waals surface area contributed by atoms with Crippen molar-refractivity contribution < 1.29 is 23.9 Å². The molecule has 0 aliphatic carbocycles. The summed E-state index contributed by atoms with van der Waals surface area (Å²) in [6.07, 6.45) is 2.50. The summed E-state index contributed by atoms with van der Waals surface area (Å²) in [4.78, 5) is 52.0. The van der Waals surface area contributed by atoms with E-state index in [9.17, 15) is 19.2 Å². The van der Waals surface area contributed by atoms with E-state index in [0.717, 1.165) is 43.6 Å². The van der Waals surface area contributed by atoms with Gasteiger partial charge in [0.05, 0.1) is 6.54 Å². The molecule has 0 saturated carbocycles. The van der Waals surface area contributed by atoms with Crippen LogP contribution >= 0.6 is 0 Å². The van der Waals surface area contributed by atoms with Crippen LogP contribution in [0.4, 0.5) is 0 Å². The van der Waals surface area contributed by atoms with Crippen LogP contribution in [0.3, 0.4) is 0 Å². The molecule has 2 N–H and O–H groups in total. The van der Waals surface area contributed by atoms with Crippen LogP contribution in [0, 0.1) is 0 Å². The van der Waals surface area contributed by atoms with Crippen LogP contribution in [0.1, 0.15) is 59.7 Å². The van der Waals surface area contributed by atoms with Gasteiger partial charge in [0.2, 0.25) is 17.7 Å². The molecule has 1 atom stereocenters. The van der Waals surface area contributed by atoms with Crippen molar-refractivity contribution in [2.75, 3.05) is 13.1 Å². The third-order valence-electron chi connectivity index (χ3n) is 7.36. The summed E-state index contributed by atoms with van der Waals surface area (Å²) in [6, 6.07) is 13.4. The number of nitrogens with one attached hydrogen (secondary N) is 2. The molecule has 2 aromatic carbocycles. The molecular formula is C28H32N4O5. The van der Waals surface area contributed by atoms with Gasteiger partial charge in [-0.1, -0.05) is 30.3 Å². The number of ether oxygens (including phenoxy) is 1. The van der Waals surface area contributed by atoms with Gasteiger partial charge in [-0.05, 0) is 42.5 Å². The first-order chi connectivity index (χ1) is 17.9. The van der Waals surface area contributed by atoms with Crippen molar-refractivity contribution >= 4 is 23.6 Å². The highest BCUT2D eigenvalue weighted by Crippen LogP contribution is 2.34. The fourth-order valence-corrected chi connectivity index (χ4v) is 5.38. The summed E-state index contributed by atoms with van der Waals surface area (Å²) in [5.74, 6) is -0.258. The Bertz CT molecular complexity index is 1200. The first-order valence-corrected chi connectivity index (χ1v) is 12.8. The normalized spacial score (nSPS) is 20.5. The monoisotopic (exact) mass is 504 g/mol. The van der Waals surface area contributed by atoms with E-state index in [1.54, 1.807) is 19.1 Å². The van der Waals surface area contributed by atoms with Crippen LogP contribution in [0.2, 0.25) is 0 Å². The molecular weight excluding hydrogens is 472 g/mol. The molecule has 0 aromatic heterocycles. The van der Waals surface area contributed by atoms with Crippen LogP contribution in [0.15, 0.2) is 42.5 Å². The molecule has 3 aliphatic rings. The van der Waals surface area contributed by atoms with Crippen molar-refractivity contribution in [3.05, 3.63) is 64.7 Å². The van der Waals surface area contributed by atoms with Gasteiger partial charge in [-0.25, -0.2) is 0 Å². The van der Waals surface area contributed by atoms with E-state index in [4.69, 9.17) is 4.74 Å². The summed E-state index contributed by atoms with van der Waals surface area (Å²) in [5, 5.41) is 5.34. The van der Waals surface area contributed by atoms with Crippen LogP contribution in [-0.4, -0.2) is 58.6 Å². The van der Waals surface area contributed by atoms with Crippen molar-refractivity contribution in [1.29, 1.82) is 0 Å². The Labute approximate surface area is 216 Å². The molecule has 0 radical (unpaired) electrons. The first-order valence-electron chi connectivity index (χ1n) is 12.8. The summed E-state index contributed by atoms with van der Waals surface area (Å²) in [6.45, 7) is 5.02. The van der Waals surface area contributed by atoms with Crippen molar-refractivity contribution in [1.82, 2.24) is 20.4 Å². The number of piperidine rings is 2. The highest BCUT2D eigenvalue weighted by Gasteiger charge is 2.40. The minimum atomic E-state index is -0.644. The number of imide groups is 1. The Morgan fingerprint density at radius 1 is 1.03 bits per heavy atom. The number of carbonyl (C=O) groups excluding carboxylic acids is 4. The van der Waals surface area contributed by atoms with E-state index in [0.29, 0.717) is 24.3 Å². The van der Waals surface area contributed by atoms with E-state index in [2.05, 4.69) is 39.8 Å². The van der Waals surface area contributed by atoms with Gasteiger partial charge in [-0.15, -0.1) is 0 Å². The maximum Gasteiger partial charge on any atom is 0.255 e. The third kappa shape index (κ3) is 5.67. The fraction of sp³-hybridized carbons (Fsp3) is 0.429.